The van der Waals surface area contributed by atoms with E-state index in [9.17, 15) is 8.42 Å². The zero-order chi connectivity index (χ0) is 17.2. The standard InChI is InChI=1S/C16H17Cl2NO3S/c1-10(2)22-16-9-13(17)15(8-14(16)18)19-23(20,21)12-6-4-11(3)5-7-12/h4-10,19H,1-3H3. The molecule has 0 saturated heterocycles. The summed E-state index contributed by atoms with van der Waals surface area (Å²) in [5.41, 5.74) is 1.17. The highest BCUT2D eigenvalue weighted by molar-refractivity contribution is 7.92. The maximum Gasteiger partial charge on any atom is 0.261 e. The van der Waals surface area contributed by atoms with Gasteiger partial charge in [0.2, 0.25) is 0 Å². The highest BCUT2D eigenvalue weighted by Crippen LogP contribution is 2.35. The number of nitrogens with one attached hydrogen (secondary N) is 1. The fourth-order valence-corrected chi connectivity index (χ4v) is 3.41. The lowest BCUT2D eigenvalue weighted by molar-refractivity contribution is 0.242. The van der Waals surface area contributed by atoms with Crippen molar-refractivity contribution in [3.8, 4) is 5.75 Å². The number of hydrogen-bond acceptors (Lipinski definition) is 3. The fraction of sp³-hybridized carbons (Fsp3) is 0.250. The van der Waals surface area contributed by atoms with Gasteiger partial charge in [-0.2, -0.15) is 0 Å². The van der Waals surface area contributed by atoms with Gasteiger partial charge in [-0.25, -0.2) is 8.42 Å². The van der Waals surface area contributed by atoms with Gasteiger partial charge in [0.15, 0.2) is 0 Å². The highest BCUT2D eigenvalue weighted by atomic mass is 35.5. The topological polar surface area (TPSA) is 55.4 Å². The smallest absolute Gasteiger partial charge is 0.261 e. The minimum absolute atomic E-state index is 0.0707. The molecule has 23 heavy (non-hydrogen) atoms. The second-order valence-corrected chi connectivity index (χ2v) is 7.84. The summed E-state index contributed by atoms with van der Waals surface area (Å²) < 4.78 is 32.7. The molecule has 0 spiro atoms. The largest absolute Gasteiger partial charge is 0.489 e. The maximum atomic E-state index is 12.4. The lowest BCUT2D eigenvalue weighted by atomic mass is 10.2. The molecule has 2 rings (SSSR count). The molecule has 0 radical (unpaired) electrons. The van der Waals surface area contributed by atoms with E-state index in [-0.39, 0.29) is 26.7 Å². The van der Waals surface area contributed by atoms with E-state index in [1.54, 1.807) is 12.1 Å². The Bertz CT molecular complexity index is 803. The second kappa shape index (κ2) is 6.99. The van der Waals surface area contributed by atoms with Crippen LogP contribution >= 0.6 is 23.2 Å². The van der Waals surface area contributed by atoms with Crippen LogP contribution in [0, 0.1) is 6.92 Å². The number of halogens is 2. The quantitative estimate of drug-likeness (QED) is 0.811. The molecule has 0 unspecified atom stereocenters. The van der Waals surface area contributed by atoms with Gasteiger partial charge >= 0.3 is 0 Å². The molecule has 7 heteroatoms. The lowest BCUT2D eigenvalue weighted by Crippen LogP contribution is -2.13. The van der Waals surface area contributed by atoms with Gasteiger partial charge in [0.05, 0.1) is 26.7 Å². The van der Waals surface area contributed by atoms with Crippen molar-refractivity contribution in [2.75, 3.05) is 4.72 Å². The predicted molar refractivity (Wildman–Crippen MR) is 94.2 cm³/mol. The van der Waals surface area contributed by atoms with Crippen molar-refractivity contribution in [1.29, 1.82) is 0 Å². The minimum Gasteiger partial charge on any atom is -0.489 e. The van der Waals surface area contributed by atoms with Crippen LogP contribution in [0.3, 0.4) is 0 Å². The number of aryl methyl sites for hydroxylation is 1. The van der Waals surface area contributed by atoms with Crippen LogP contribution in [-0.4, -0.2) is 14.5 Å². The Morgan fingerprint density at radius 3 is 2.22 bits per heavy atom. The molecular formula is C16H17Cl2NO3S. The van der Waals surface area contributed by atoms with E-state index in [1.165, 1.54) is 24.3 Å². The Morgan fingerprint density at radius 1 is 1.04 bits per heavy atom. The third kappa shape index (κ3) is 4.53. The SMILES string of the molecule is Cc1ccc(S(=O)(=O)Nc2cc(Cl)c(OC(C)C)cc2Cl)cc1. The van der Waals surface area contributed by atoms with Gasteiger partial charge in [-0.05, 0) is 39.0 Å². The number of sulfonamides is 1. The molecule has 0 saturated carbocycles. The Morgan fingerprint density at radius 2 is 1.65 bits per heavy atom. The van der Waals surface area contributed by atoms with Crippen molar-refractivity contribution in [1.82, 2.24) is 0 Å². The molecule has 0 heterocycles. The van der Waals surface area contributed by atoms with E-state index < -0.39 is 10.0 Å². The maximum absolute atomic E-state index is 12.4. The van der Waals surface area contributed by atoms with Crippen LogP contribution in [0.4, 0.5) is 5.69 Å². The van der Waals surface area contributed by atoms with Crippen LogP contribution < -0.4 is 9.46 Å². The van der Waals surface area contributed by atoms with Crippen LogP contribution in [0.1, 0.15) is 19.4 Å². The molecule has 0 aromatic heterocycles. The molecule has 0 atom stereocenters. The first-order chi connectivity index (χ1) is 10.7. The molecule has 0 aliphatic heterocycles. The fourth-order valence-electron chi connectivity index (χ4n) is 1.87. The predicted octanol–water partition coefficient (Wildman–Crippen LogP) is 4.89. The first-order valence-electron chi connectivity index (χ1n) is 6.94. The summed E-state index contributed by atoms with van der Waals surface area (Å²) in [6.45, 7) is 5.60. The van der Waals surface area contributed by atoms with Gasteiger partial charge in [0.1, 0.15) is 5.75 Å². The minimum atomic E-state index is -3.74. The van der Waals surface area contributed by atoms with E-state index >= 15 is 0 Å². The number of benzene rings is 2. The summed E-state index contributed by atoms with van der Waals surface area (Å²) in [6.07, 6.45) is -0.0707. The summed E-state index contributed by atoms with van der Waals surface area (Å²) in [4.78, 5) is 0.151. The summed E-state index contributed by atoms with van der Waals surface area (Å²) in [6, 6.07) is 9.45. The van der Waals surface area contributed by atoms with E-state index in [1.807, 2.05) is 20.8 Å². The van der Waals surface area contributed by atoms with Crippen molar-refractivity contribution in [2.24, 2.45) is 0 Å². The van der Waals surface area contributed by atoms with Gasteiger partial charge < -0.3 is 4.74 Å². The zero-order valence-corrected chi connectivity index (χ0v) is 15.3. The Hall–Kier alpha value is -1.43. The molecule has 4 nitrogen and oxygen atoms in total. The van der Waals surface area contributed by atoms with E-state index in [0.717, 1.165) is 5.56 Å². The number of ether oxygens (including phenoxy) is 1. The third-order valence-electron chi connectivity index (χ3n) is 2.96. The van der Waals surface area contributed by atoms with Crippen molar-refractivity contribution in [2.45, 2.75) is 31.8 Å². The summed E-state index contributed by atoms with van der Waals surface area (Å²) in [7, 11) is -3.74. The molecule has 0 aliphatic rings. The first kappa shape index (κ1) is 17.9. The average molecular weight is 374 g/mol. The van der Waals surface area contributed by atoms with Gasteiger partial charge in [0, 0.05) is 6.07 Å². The zero-order valence-electron chi connectivity index (χ0n) is 12.9. The second-order valence-electron chi connectivity index (χ2n) is 5.35. The normalized spacial score (nSPS) is 11.6. The summed E-state index contributed by atoms with van der Waals surface area (Å²) >= 11 is 12.3. The highest BCUT2D eigenvalue weighted by Gasteiger charge is 2.17. The molecule has 2 aromatic rings. The Kier molecular flexibility index (Phi) is 5.45. The number of rotatable bonds is 5. The van der Waals surface area contributed by atoms with E-state index in [2.05, 4.69) is 4.72 Å². The molecule has 0 aliphatic carbocycles. The number of anilines is 1. The molecule has 1 N–H and O–H groups in total. The van der Waals surface area contributed by atoms with Crippen molar-refractivity contribution >= 4 is 38.9 Å². The molecule has 0 fully saturated rings. The van der Waals surface area contributed by atoms with Gasteiger partial charge in [-0.1, -0.05) is 40.9 Å². The van der Waals surface area contributed by atoms with Crippen molar-refractivity contribution < 1.29 is 13.2 Å². The van der Waals surface area contributed by atoms with Gasteiger partial charge in [0.25, 0.3) is 10.0 Å². The van der Waals surface area contributed by atoms with Crippen LogP contribution in [0.15, 0.2) is 41.3 Å². The van der Waals surface area contributed by atoms with Gasteiger partial charge in [-0.15, -0.1) is 0 Å². The average Bonchev–Trinajstić information content (AvgIpc) is 2.44. The van der Waals surface area contributed by atoms with Gasteiger partial charge in [-0.3, -0.25) is 4.72 Å². The van der Waals surface area contributed by atoms with Crippen LogP contribution in [0.2, 0.25) is 10.0 Å². The van der Waals surface area contributed by atoms with E-state index in [0.29, 0.717) is 5.75 Å². The molecule has 0 bridgehead atoms. The summed E-state index contributed by atoms with van der Waals surface area (Å²) in [5, 5.41) is 0.491. The monoisotopic (exact) mass is 373 g/mol. The van der Waals surface area contributed by atoms with Crippen LogP contribution in [0.25, 0.3) is 0 Å². The van der Waals surface area contributed by atoms with Crippen LogP contribution in [-0.2, 0) is 10.0 Å². The van der Waals surface area contributed by atoms with Crippen molar-refractivity contribution in [3.63, 3.8) is 0 Å². The molecule has 0 amide bonds. The van der Waals surface area contributed by atoms with Crippen molar-refractivity contribution in [3.05, 3.63) is 52.0 Å². The summed E-state index contributed by atoms with van der Waals surface area (Å²) in [5.74, 6) is 0.407. The Labute approximate surface area is 146 Å². The number of hydrogen-bond donors (Lipinski definition) is 1. The first-order valence-corrected chi connectivity index (χ1v) is 9.18. The molecule has 124 valence electrons. The van der Waals surface area contributed by atoms with E-state index in [4.69, 9.17) is 27.9 Å². The molecule has 2 aromatic carbocycles. The Balaban J connectivity index is 2.32. The lowest BCUT2D eigenvalue weighted by Gasteiger charge is -2.15. The third-order valence-corrected chi connectivity index (χ3v) is 4.95. The van der Waals surface area contributed by atoms with Crippen LogP contribution in [0.5, 0.6) is 5.75 Å². The molecular weight excluding hydrogens is 357 g/mol.